The van der Waals surface area contributed by atoms with Gasteiger partial charge < -0.3 is 4.84 Å². The summed E-state index contributed by atoms with van der Waals surface area (Å²) in [5.41, 5.74) is 4.05. The van der Waals surface area contributed by atoms with Crippen LogP contribution < -0.4 is 15.8 Å². The van der Waals surface area contributed by atoms with Crippen molar-refractivity contribution in [1.29, 1.82) is 0 Å². The van der Waals surface area contributed by atoms with E-state index in [1.54, 1.807) is 24.4 Å². The van der Waals surface area contributed by atoms with Crippen molar-refractivity contribution in [2.45, 2.75) is 20.0 Å². The topological polar surface area (TPSA) is 68.5 Å². The highest BCUT2D eigenvalue weighted by atomic mass is 16.7. The number of hydrazone groups is 1. The number of anilines is 1. The van der Waals surface area contributed by atoms with Gasteiger partial charge in [-0.15, -0.1) is 4.73 Å². The van der Waals surface area contributed by atoms with E-state index in [1.807, 2.05) is 50.2 Å². The number of hydrogen-bond acceptors (Lipinski definition) is 5. The van der Waals surface area contributed by atoms with Gasteiger partial charge in [0.25, 0.3) is 11.5 Å². The number of hydrogen-bond donors (Lipinski definition) is 1. The van der Waals surface area contributed by atoms with E-state index in [1.165, 1.54) is 0 Å². The Hall–Kier alpha value is -3.15. The standard InChI is InChI=1S/C18H18N4O2/c1-13(2)24-22-17(23)15-10-6-7-11-16(15)20-18(22)21-19-12-14-8-4-3-5-9-14/h3-13H,1-2H3,(H,20,21). The molecule has 6 nitrogen and oxygen atoms in total. The highest BCUT2D eigenvalue weighted by Gasteiger charge is 2.12. The lowest BCUT2D eigenvalue weighted by Gasteiger charge is -2.15. The van der Waals surface area contributed by atoms with Crippen LogP contribution >= 0.6 is 0 Å². The fourth-order valence-electron chi connectivity index (χ4n) is 2.20. The maximum Gasteiger partial charge on any atom is 0.295 e. The molecule has 6 heteroatoms. The molecule has 0 saturated carbocycles. The average Bonchev–Trinajstić information content (AvgIpc) is 2.59. The summed E-state index contributed by atoms with van der Waals surface area (Å²) >= 11 is 0. The van der Waals surface area contributed by atoms with E-state index in [9.17, 15) is 4.79 Å². The Morgan fingerprint density at radius 1 is 1.12 bits per heavy atom. The molecule has 1 heterocycles. The van der Waals surface area contributed by atoms with Gasteiger partial charge >= 0.3 is 0 Å². The number of para-hydroxylation sites is 1. The van der Waals surface area contributed by atoms with Crippen LogP contribution in [-0.4, -0.2) is 22.0 Å². The molecule has 3 aromatic rings. The Morgan fingerprint density at radius 2 is 1.83 bits per heavy atom. The van der Waals surface area contributed by atoms with Crippen LogP contribution in [0, 0.1) is 0 Å². The Morgan fingerprint density at radius 3 is 2.58 bits per heavy atom. The van der Waals surface area contributed by atoms with E-state index >= 15 is 0 Å². The first-order valence-corrected chi connectivity index (χ1v) is 7.68. The molecule has 0 atom stereocenters. The molecule has 122 valence electrons. The number of rotatable bonds is 5. The zero-order valence-electron chi connectivity index (χ0n) is 13.5. The van der Waals surface area contributed by atoms with Gasteiger partial charge in [-0.25, -0.2) is 10.4 Å². The van der Waals surface area contributed by atoms with Crippen molar-refractivity contribution in [1.82, 2.24) is 9.71 Å². The highest BCUT2D eigenvalue weighted by Crippen LogP contribution is 2.10. The van der Waals surface area contributed by atoms with Crippen LogP contribution in [0.2, 0.25) is 0 Å². The first-order valence-electron chi connectivity index (χ1n) is 7.68. The number of fused-ring (bicyclic) bond motifs is 1. The minimum atomic E-state index is -0.272. The molecular weight excluding hydrogens is 304 g/mol. The number of aromatic nitrogens is 2. The van der Waals surface area contributed by atoms with Crippen LogP contribution in [0.15, 0.2) is 64.5 Å². The maximum absolute atomic E-state index is 12.6. The van der Waals surface area contributed by atoms with Gasteiger partial charge in [-0.2, -0.15) is 5.10 Å². The van der Waals surface area contributed by atoms with Crippen molar-refractivity contribution in [2.24, 2.45) is 5.10 Å². The summed E-state index contributed by atoms with van der Waals surface area (Å²) in [6, 6.07) is 16.8. The Bertz CT molecular complexity index is 917. The lowest BCUT2D eigenvalue weighted by molar-refractivity contribution is 0.0561. The van der Waals surface area contributed by atoms with Gasteiger partial charge in [0.2, 0.25) is 0 Å². The van der Waals surface area contributed by atoms with E-state index in [0.717, 1.165) is 10.3 Å². The predicted octanol–water partition coefficient (Wildman–Crippen LogP) is 2.68. The summed E-state index contributed by atoms with van der Waals surface area (Å²) in [5.74, 6) is 0.236. The molecule has 24 heavy (non-hydrogen) atoms. The predicted molar refractivity (Wildman–Crippen MR) is 95.4 cm³/mol. The first kappa shape index (κ1) is 15.7. The molecule has 0 aliphatic heterocycles. The molecule has 0 radical (unpaired) electrons. The summed E-state index contributed by atoms with van der Waals surface area (Å²) in [4.78, 5) is 22.6. The number of nitrogens with one attached hydrogen (secondary N) is 1. The van der Waals surface area contributed by atoms with E-state index in [0.29, 0.717) is 10.9 Å². The van der Waals surface area contributed by atoms with Crippen molar-refractivity contribution in [3.63, 3.8) is 0 Å². The number of nitrogens with zero attached hydrogens (tertiary/aromatic N) is 3. The SMILES string of the molecule is CC(C)On1c(NN=Cc2ccccc2)nc2ccccc2c1=O. The quantitative estimate of drug-likeness (QED) is 0.579. The third kappa shape index (κ3) is 3.43. The third-order valence-electron chi connectivity index (χ3n) is 3.23. The molecule has 0 aliphatic carbocycles. The fraction of sp³-hybridized carbons (Fsp3) is 0.167. The van der Waals surface area contributed by atoms with Crippen molar-refractivity contribution < 1.29 is 4.84 Å². The van der Waals surface area contributed by atoms with Gasteiger partial charge in [-0.05, 0) is 31.5 Å². The minimum absolute atomic E-state index is 0.177. The summed E-state index contributed by atoms with van der Waals surface area (Å²) in [7, 11) is 0. The third-order valence-corrected chi connectivity index (χ3v) is 3.23. The highest BCUT2D eigenvalue weighted by molar-refractivity contribution is 5.80. The molecule has 1 aromatic heterocycles. The largest absolute Gasteiger partial charge is 0.405 e. The van der Waals surface area contributed by atoms with Gasteiger partial charge in [0, 0.05) is 0 Å². The van der Waals surface area contributed by atoms with Crippen molar-refractivity contribution in [3.05, 3.63) is 70.5 Å². The van der Waals surface area contributed by atoms with Crippen LogP contribution in [0.3, 0.4) is 0 Å². The van der Waals surface area contributed by atoms with Crippen molar-refractivity contribution >= 4 is 23.1 Å². The zero-order valence-corrected chi connectivity index (χ0v) is 13.5. The molecule has 0 bridgehead atoms. The summed E-state index contributed by atoms with van der Waals surface area (Å²) in [5, 5.41) is 4.65. The molecule has 3 rings (SSSR count). The van der Waals surface area contributed by atoms with Gasteiger partial charge in [0.05, 0.1) is 17.1 Å². The Balaban J connectivity index is 1.99. The Labute approximate surface area is 139 Å². The van der Waals surface area contributed by atoms with E-state index in [2.05, 4.69) is 15.5 Å². The summed E-state index contributed by atoms with van der Waals surface area (Å²) in [6.07, 6.45) is 1.48. The minimum Gasteiger partial charge on any atom is -0.405 e. The second kappa shape index (κ2) is 6.95. The second-order valence-corrected chi connectivity index (χ2v) is 5.49. The van der Waals surface area contributed by atoms with Gasteiger partial charge in [-0.3, -0.25) is 4.79 Å². The fourth-order valence-corrected chi connectivity index (χ4v) is 2.20. The molecule has 0 spiro atoms. The van der Waals surface area contributed by atoms with E-state index in [-0.39, 0.29) is 17.6 Å². The maximum atomic E-state index is 12.6. The molecule has 0 aliphatic rings. The smallest absolute Gasteiger partial charge is 0.295 e. The normalized spacial score (nSPS) is 11.3. The molecule has 0 saturated heterocycles. The average molecular weight is 322 g/mol. The number of benzene rings is 2. The molecule has 2 aromatic carbocycles. The van der Waals surface area contributed by atoms with Gasteiger partial charge in [-0.1, -0.05) is 42.5 Å². The molecule has 0 unspecified atom stereocenters. The van der Waals surface area contributed by atoms with Gasteiger partial charge in [0.1, 0.15) is 6.10 Å². The van der Waals surface area contributed by atoms with Crippen LogP contribution in [0.25, 0.3) is 10.9 Å². The van der Waals surface area contributed by atoms with E-state index < -0.39 is 0 Å². The monoisotopic (exact) mass is 322 g/mol. The molecule has 1 N–H and O–H groups in total. The van der Waals surface area contributed by atoms with Crippen molar-refractivity contribution in [2.75, 3.05) is 5.43 Å². The van der Waals surface area contributed by atoms with Crippen molar-refractivity contribution in [3.8, 4) is 0 Å². The molecular formula is C18H18N4O2. The summed E-state index contributed by atoms with van der Waals surface area (Å²) in [6.45, 7) is 3.69. The second-order valence-electron chi connectivity index (χ2n) is 5.49. The van der Waals surface area contributed by atoms with Crippen LogP contribution in [0.5, 0.6) is 0 Å². The lowest BCUT2D eigenvalue weighted by atomic mass is 10.2. The van der Waals surface area contributed by atoms with Crippen LogP contribution in [0.1, 0.15) is 19.4 Å². The lowest BCUT2D eigenvalue weighted by Crippen LogP contribution is -2.33. The van der Waals surface area contributed by atoms with Gasteiger partial charge in [0.15, 0.2) is 0 Å². The summed E-state index contributed by atoms with van der Waals surface area (Å²) < 4.78 is 1.15. The first-order chi connectivity index (χ1) is 11.6. The molecule has 0 fully saturated rings. The van der Waals surface area contributed by atoms with E-state index in [4.69, 9.17) is 4.84 Å². The zero-order chi connectivity index (χ0) is 16.9. The Kier molecular flexibility index (Phi) is 4.56. The van der Waals surface area contributed by atoms with Crippen LogP contribution in [-0.2, 0) is 0 Å². The van der Waals surface area contributed by atoms with Crippen LogP contribution in [0.4, 0.5) is 5.95 Å². The molecule has 0 amide bonds.